The molecule has 2 bridgehead atoms. The van der Waals surface area contributed by atoms with Crippen LogP contribution >= 0.6 is 0 Å². The lowest BCUT2D eigenvalue weighted by molar-refractivity contribution is -0.331. The van der Waals surface area contributed by atoms with E-state index in [2.05, 4.69) is 52.8 Å². The highest BCUT2D eigenvalue weighted by molar-refractivity contribution is 5.34. The van der Waals surface area contributed by atoms with Gasteiger partial charge in [0.1, 0.15) is 30.0 Å². The Hall–Kier alpha value is -0.880. The zero-order valence-electron chi connectivity index (χ0n) is 29.2. The van der Waals surface area contributed by atoms with E-state index in [1.54, 1.807) is 7.11 Å². The molecule has 5 fully saturated rings. The maximum atomic E-state index is 10.8. The fourth-order valence-corrected chi connectivity index (χ4v) is 11.8. The van der Waals surface area contributed by atoms with Gasteiger partial charge in [-0.05, 0) is 87.4 Å². The van der Waals surface area contributed by atoms with Gasteiger partial charge < -0.3 is 44.5 Å². The van der Waals surface area contributed by atoms with Crippen LogP contribution in [0.3, 0.4) is 0 Å². The van der Waals surface area contributed by atoms with E-state index in [4.69, 9.17) is 18.9 Å². The number of ether oxygens (including phenoxy) is 4. The minimum Gasteiger partial charge on any atom is -0.394 e. The van der Waals surface area contributed by atoms with Gasteiger partial charge in [-0.15, -0.1) is 0 Å². The SMILES string of the molecule is COC1O[C@]23C=C[C@@H]4[C@@]1(CC[C@]1(C)[C@@H]([C@H](C)C/C=C/C(C)(C)O)CC[C@@]41C)[C@@H]2CC[C@H](O[C@@H]1O[C@H](CO)[C@@H](O)[C@H](O)[C@H]1O)C3(C)C. The average molecular weight is 649 g/mol. The fraction of sp³-hybridized carbons (Fsp3) is 0.892. The molecule has 0 radical (unpaired) electrons. The summed E-state index contributed by atoms with van der Waals surface area (Å²) in [4.78, 5) is 0. The van der Waals surface area contributed by atoms with Gasteiger partial charge in [0.25, 0.3) is 0 Å². The van der Waals surface area contributed by atoms with Gasteiger partial charge in [-0.3, -0.25) is 0 Å². The first-order valence-corrected chi connectivity index (χ1v) is 17.7. The van der Waals surface area contributed by atoms with Crippen LogP contribution < -0.4 is 0 Å². The molecule has 6 aliphatic rings. The number of hydrogen-bond donors (Lipinski definition) is 5. The zero-order valence-corrected chi connectivity index (χ0v) is 29.2. The van der Waals surface area contributed by atoms with Gasteiger partial charge in [0.05, 0.1) is 18.3 Å². The minimum absolute atomic E-state index is 0.0745. The molecule has 2 aliphatic heterocycles. The Morgan fingerprint density at radius 3 is 2.35 bits per heavy atom. The Bertz CT molecular complexity index is 1190. The first-order chi connectivity index (χ1) is 21.4. The molecule has 5 N–H and O–H groups in total. The molecule has 1 spiro atoms. The molecule has 1 unspecified atom stereocenters. The van der Waals surface area contributed by atoms with Crippen molar-refractivity contribution in [3.8, 4) is 0 Å². The van der Waals surface area contributed by atoms with Crippen LogP contribution in [0.25, 0.3) is 0 Å². The van der Waals surface area contributed by atoms with Gasteiger partial charge in [-0.2, -0.15) is 0 Å². The molecule has 262 valence electrons. The molecule has 2 heterocycles. The molecule has 0 aromatic heterocycles. The van der Waals surface area contributed by atoms with Crippen LogP contribution in [0.2, 0.25) is 0 Å². The molecule has 3 saturated carbocycles. The third kappa shape index (κ3) is 4.73. The van der Waals surface area contributed by atoms with Crippen LogP contribution in [0.15, 0.2) is 24.3 Å². The maximum absolute atomic E-state index is 10.8. The van der Waals surface area contributed by atoms with Crippen molar-refractivity contribution >= 4 is 0 Å². The number of allylic oxidation sites excluding steroid dienone is 2. The van der Waals surface area contributed by atoms with Crippen LogP contribution in [0.5, 0.6) is 0 Å². The molecular weight excluding hydrogens is 588 g/mol. The summed E-state index contributed by atoms with van der Waals surface area (Å²) in [5, 5.41) is 51.5. The van der Waals surface area contributed by atoms with Crippen molar-refractivity contribution in [2.75, 3.05) is 13.7 Å². The Kier molecular flexibility index (Phi) is 8.81. The van der Waals surface area contributed by atoms with E-state index < -0.39 is 53.9 Å². The second-order valence-electron chi connectivity index (χ2n) is 17.4. The second kappa shape index (κ2) is 11.6. The van der Waals surface area contributed by atoms with Gasteiger partial charge in [-0.1, -0.05) is 58.9 Å². The quantitative estimate of drug-likeness (QED) is 0.247. The average Bonchev–Trinajstić information content (AvgIpc) is 3.36. The maximum Gasteiger partial charge on any atom is 0.186 e. The molecule has 9 heteroatoms. The molecule has 6 rings (SSSR count). The van der Waals surface area contributed by atoms with Crippen LogP contribution in [-0.4, -0.2) is 93.6 Å². The summed E-state index contributed by atoms with van der Waals surface area (Å²) in [5.74, 6) is 1.62. The van der Waals surface area contributed by atoms with Crippen molar-refractivity contribution in [1.82, 2.24) is 0 Å². The molecule has 15 atom stereocenters. The highest BCUT2D eigenvalue weighted by Gasteiger charge is 2.78. The monoisotopic (exact) mass is 648 g/mol. The van der Waals surface area contributed by atoms with E-state index in [1.165, 1.54) is 6.42 Å². The number of hydrogen-bond acceptors (Lipinski definition) is 9. The molecule has 9 nitrogen and oxygen atoms in total. The van der Waals surface area contributed by atoms with Gasteiger partial charge in [0.2, 0.25) is 0 Å². The minimum atomic E-state index is -1.49. The highest BCUT2D eigenvalue weighted by Crippen LogP contribution is 2.79. The van der Waals surface area contributed by atoms with Gasteiger partial charge in [-0.25, -0.2) is 0 Å². The van der Waals surface area contributed by atoms with Crippen LogP contribution in [-0.2, 0) is 18.9 Å². The van der Waals surface area contributed by atoms with Crippen LogP contribution in [0, 0.1) is 45.3 Å². The summed E-state index contributed by atoms with van der Waals surface area (Å²) in [5.41, 5.74) is -1.94. The smallest absolute Gasteiger partial charge is 0.186 e. The molecule has 2 saturated heterocycles. The predicted molar refractivity (Wildman–Crippen MR) is 172 cm³/mol. The van der Waals surface area contributed by atoms with Crippen LogP contribution in [0.1, 0.15) is 93.4 Å². The first-order valence-electron chi connectivity index (χ1n) is 17.7. The lowest BCUT2D eigenvalue weighted by Crippen LogP contribution is -2.66. The van der Waals surface area contributed by atoms with E-state index in [9.17, 15) is 25.5 Å². The molecule has 0 aromatic rings. The molecular formula is C37H60O9. The van der Waals surface area contributed by atoms with Crippen LogP contribution in [0.4, 0.5) is 0 Å². The first kappa shape index (κ1) is 35.0. The lowest BCUT2D eigenvalue weighted by Gasteiger charge is -2.65. The standard InChI is InChI=1S/C37H60O9/c1-21(10-9-15-32(2,3)42)22-13-16-35(7)24-14-17-37-25(36(24,31(43-8)46-37)19-18-34(22,35)6)11-12-26(33(37,4)5)45-30-29(41)28(40)27(39)23(20-38)44-30/h9,14-15,17,21-31,38-42H,10-13,16,18-20H2,1-8H3/b15-9+/t21-,22-,23-,24+,25+,26+,27-,28+,29-,30+,31?,34-,35+,36+,37-/m1/s1. The van der Waals surface area contributed by atoms with Crippen molar-refractivity contribution in [2.24, 2.45) is 45.3 Å². The Labute approximate surface area is 275 Å². The van der Waals surface area contributed by atoms with Gasteiger partial charge in [0.15, 0.2) is 12.6 Å². The summed E-state index contributed by atoms with van der Waals surface area (Å²) in [6, 6.07) is 0. The summed E-state index contributed by atoms with van der Waals surface area (Å²) >= 11 is 0. The van der Waals surface area contributed by atoms with E-state index in [0.29, 0.717) is 17.8 Å². The molecule has 4 aliphatic carbocycles. The van der Waals surface area contributed by atoms with Crippen molar-refractivity contribution in [3.63, 3.8) is 0 Å². The van der Waals surface area contributed by atoms with E-state index in [0.717, 1.165) is 38.5 Å². The highest BCUT2D eigenvalue weighted by atomic mass is 16.7. The normalized spacial score (nSPS) is 51.9. The number of aliphatic hydroxyl groups is 5. The Morgan fingerprint density at radius 1 is 0.978 bits per heavy atom. The summed E-state index contributed by atoms with van der Waals surface area (Å²) in [6.45, 7) is 14.9. The van der Waals surface area contributed by atoms with Crippen molar-refractivity contribution < 1.29 is 44.5 Å². The fourth-order valence-electron chi connectivity index (χ4n) is 11.8. The summed E-state index contributed by atoms with van der Waals surface area (Å²) in [7, 11) is 1.78. The molecule has 0 aromatic carbocycles. The number of rotatable bonds is 8. The number of methoxy groups -OCH3 is 1. The topological polar surface area (TPSA) is 138 Å². The summed E-state index contributed by atoms with van der Waals surface area (Å²) in [6.07, 6.45) is 8.60. The van der Waals surface area contributed by atoms with Gasteiger partial charge >= 0.3 is 0 Å². The predicted octanol–water partition coefficient (Wildman–Crippen LogP) is 4.09. The van der Waals surface area contributed by atoms with Crippen molar-refractivity contribution in [1.29, 1.82) is 0 Å². The van der Waals surface area contributed by atoms with Crippen molar-refractivity contribution in [3.05, 3.63) is 24.3 Å². The third-order valence-electron chi connectivity index (χ3n) is 14.5. The zero-order chi connectivity index (χ0) is 33.7. The number of aliphatic hydroxyl groups excluding tert-OH is 4. The molecule has 0 amide bonds. The molecule has 46 heavy (non-hydrogen) atoms. The van der Waals surface area contributed by atoms with E-state index in [-0.39, 0.29) is 34.6 Å². The van der Waals surface area contributed by atoms with Gasteiger partial charge in [0, 0.05) is 23.9 Å². The van der Waals surface area contributed by atoms with E-state index >= 15 is 0 Å². The summed E-state index contributed by atoms with van der Waals surface area (Å²) < 4.78 is 25.7. The largest absolute Gasteiger partial charge is 0.394 e. The lowest BCUT2D eigenvalue weighted by atomic mass is 9.38. The number of fused-ring (bicyclic) bond motifs is 2. The third-order valence-corrected chi connectivity index (χ3v) is 14.5. The van der Waals surface area contributed by atoms with Crippen molar-refractivity contribution in [2.45, 2.75) is 148 Å². The second-order valence-corrected chi connectivity index (χ2v) is 17.4. The van der Waals surface area contributed by atoms with E-state index in [1.807, 2.05) is 19.9 Å². The Balaban J connectivity index is 1.30. The Morgan fingerprint density at radius 2 is 1.70 bits per heavy atom.